The van der Waals surface area contributed by atoms with Crippen LogP contribution in [0.25, 0.3) is 0 Å². The molecule has 0 radical (unpaired) electrons. The van der Waals surface area contributed by atoms with Gasteiger partial charge in [-0.1, -0.05) is 13.8 Å². The van der Waals surface area contributed by atoms with Crippen LogP contribution in [-0.2, 0) is 11.3 Å². The van der Waals surface area contributed by atoms with E-state index in [1.54, 1.807) is 17.0 Å². The maximum absolute atomic E-state index is 11.9. The van der Waals surface area contributed by atoms with Gasteiger partial charge in [0.1, 0.15) is 6.54 Å². The normalized spacial score (nSPS) is 11.2. The lowest BCUT2D eigenvalue weighted by Gasteiger charge is -2.07. The van der Waals surface area contributed by atoms with E-state index in [-0.39, 0.29) is 24.2 Å². The largest absolute Gasteiger partial charge is 0.355 e. The Hall–Kier alpha value is -1.52. The summed E-state index contributed by atoms with van der Waals surface area (Å²) < 4.78 is 3.05. The number of nitrogens with zero attached hydrogens (tertiary/aromatic N) is 2. The first kappa shape index (κ1) is 14.5. The van der Waals surface area contributed by atoms with Crippen LogP contribution in [0.3, 0.4) is 0 Å². The van der Waals surface area contributed by atoms with Crippen LogP contribution in [0.15, 0.2) is 17.2 Å². The molecule has 1 heterocycles. The summed E-state index contributed by atoms with van der Waals surface area (Å²) in [6.45, 7) is 8.86. The maximum Gasteiger partial charge on any atom is 0.328 e. The van der Waals surface area contributed by atoms with Crippen molar-refractivity contribution in [1.29, 1.82) is 0 Å². The van der Waals surface area contributed by atoms with Gasteiger partial charge in [0.2, 0.25) is 5.91 Å². The highest BCUT2D eigenvalue weighted by Gasteiger charge is 2.09. The van der Waals surface area contributed by atoms with Gasteiger partial charge in [-0.05, 0) is 26.2 Å². The third-order valence-electron chi connectivity index (χ3n) is 2.79. The summed E-state index contributed by atoms with van der Waals surface area (Å²) in [6, 6.07) is 0.114. The Morgan fingerprint density at radius 2 is 1.94 bits per heavy atom. The molecule has 1 aromatic heterocycles. The van der Waals surface area contributed by atoms with Gasteiger partial charge >= 0.3 is 5.69 Å². The van der Waals surface area contributed by atoms with Crippen LogP contribution in [-0.4, -0.2) is 21.6 Å². The summed E-state index contributed by atoms with van der Waals surface area (Å²) in [6.07, 6.45) is 4.33. The second-order valence-corrected chi connectivity index (χ2v) is 5.24. The van der Waals surface area contributed by atoms with Crippen molar-refractivity contribution in [2.24, 2.45) is 5.92 Å². The van der Waals surface area contributed by atoms with Crippen molar-refractivity contribution in [2.45, 2.75) is 46.7 Å². The third-order valence-corrected chi connectivity index (χ3v) is 2.79. The molecule has 1 N–H and O–H groups in total. The van der Waals surface area contributed by atoms with E-state index in [2.05, 4.69) is 19.2 Å². The minimum absolute atomic E-state index is 0.0939. The molecule has 5 nitrogen and oxygen atoms in total. The number of aromatic nitrogens is 2. The summed E-state index contributed by atoms with van der Waals surface area (Å²) in [7, 11) is 0. The summed E-state index contributed by atoms with van der Waals surface area (Å²) >= 11 is 0. The molecule has 102 valence electrons. The molecular weight excluding hydrogens is 230 g/mol. The predicted octanol–water partition coefficient (Wildman–Crippen LogP) is 1.39. The molecule has 0 aromatic carbocycles. The van der Waals surface area contributed by atoms with E-state index >= 15 is 0 Å². The number of amides is 1. The quantitative estimate of drug-likeness (QED) is 0.833. The molecule has 0 saturated carbocycles. The van der Waals surface area contributed by atoms with Crippen molar-refractivity contribution in [2.75, 3.05) is 6.54 Å². The molecule has 1 rings (SSSR count). The van der Waals surface area contributed by atoms with E-state index in [1.165, 1.54) is 4.57 Å². The van der Waals surface area contributed by atoms with Gasteiger partial charge in [0.25, 0.3) is 0 Å². The van der Waals surface area contributed by atoms with Crippen molar-refractivity contribution in [3.8, 4) is 0 Å². The molecule has 0 spiro atoms. The fraction of sp³-hybridized carbons (Fsp3) is 0.692. The first-order valence-electron chi connectivity index (χ1n) is 6.45. The summed E-state index contributed by atoms with van der Waals surface area (Å²) in [4.78, 5) is 23.5. The van der Waals surface area contributed by atoms with Crippen molar-refractivity contribution in [1.82, 2.24) is 14.5 Å². The van der Waals surface area contributed by atoms with Gasteiger partial charge in [-0.3, -0.25) is 13.9 Å². The molecule has 0 fully saturated rings. The Morgan fingerprint density at radius 1 is 1.28 bits per heavy atom. The van der Waals surface area contributed by atoms with E-state index in [0.717, 1.165) is 6.42 Å². The Labute approximate surface area is 108 Å². The van der Waals surface area contributed by atoms with Gasteiger partial charge in [-0.25, -0.2) is 4.79 Å². The van der Waals surface area contributed by atoms with Crippen molar-refractivity contribution in [3.05, 3.63) is 22.9 Å². The predicted molar refractivity (Wildman–Crippen MR) is 71.5 cm³/mol. The van der Waals surface area contributed by atoms with Crippen molar-refractivity contribution < 1.29 is 4.79 Å². The fourth-order valence-electron chi connectivity index (χ4n) is 1.65. The lowest BCUT2D eigenvalue weighted by atomic mass is 10.1. The Balaban J connectivity index is 2.52. The van der Waals surface area contributed by atoms with E-state index in [4.69, 9.17) is 0 Å². The average molecular weight is 253 g/mol. The number of hydrogen-bond acceptors (Lipinski definition) is 2. The SMILES string of the molecule is CC(C)CCNC(=O)Cn1ccn(C(C)C)c1=O. The first-order valence-corrected chi connectivity index (χ1v) is 6.45. The number of carbonyl (C=O) groups excluding carboxylic acids is 1. The van der Waals surface area contributed by atoms with Gasteiger partial charge in [-0.2, -0.15) is 0 Å². The van der Waals surface area contributed by atoms with Gasteiger partial charge in [0, 0.05) is 25.0 Å². The Bertz CT molecular complexity index is 443. The van der Waals surface area contributed by atoms with E-state index < -0.39 is 0 Å². The van der Waals surface area contributed by atoms with Crippen LogP contribution < -0.4 is 11.0 Å². The highest BCUT2D eigenvalue weighted by molar-refractivity contribution is 5.75. The zero-order valence-corrected chi connectivity index (χ0v) is 11.6. The molecule has 0 aliphatic carbocycles. The minimum Gasteiger partial charge on any atom is -0.355 e. The van der Waals surface area contributed by atoms with Crippen molar-refractivity contribution in [3.63, 3.8) is 0 Å². The Morgan fingerprint density at radius 3 is 2.44 bits per heavy atom. The zero-order chi connectivity index (χ0) is 13.7. The smallest absolute Gasteiger partial charge is 0.328 e. The average Bonchev–Trinajstić information content (AvgIpc) is 2.60. The topological polar surface area (TPSA) is 56.0 Å². The minimum atomic E-state index is -0.135. The number of nitrogens with one attached hydrogen (secondary N) is 1. The second-order valence-electron chi connectivity index (χ2n) is 5.24. The number of carbonyl (C=O) groups is 1. The highest BCUT2D eigenvalue weighted by Crippen LogP contribution is 1.99. The van der Waals surface area contributed by atoms with E-state index in [9.17, 15) is 9.59 Å². The van der Waals surface area contributed by atoms with E-state index in [0.29, 0.717) is 12.5 Å². The standard InChI is InChI=1S/C13H23N3O2/c1-10(2)5-6-14-12(17)9-15-7-8-16(11(3)4)13(15)18/h7-8,10-11H,5-6,9H2,1-4H3,(H,14,17). The molecule has 18 heavy (non-hydrogen) atoms. The summed E-state index contributed by atoms with van der Waals surface area (Å²) in [5, 5.41) is 2.82. The molecule has 0 bridgehead atoms. The van der Waals surface area contributed by atoms with Gasteiger partial charge in [0.15, 0.2) is 0 Å². The fourth-order valence-corrected chi connectivity index (χ4v) is 1.65. The molecule has 0 saturated heterocycles. The van der Waals surface area contributed by atoms with Crippen LogP contribution in [0, 0.1) is 5.92 Å². The molecule has 5 heteroatoms. The zero-order valence-electron chi connectivity index (χ0n) is 11.6. The second kappa shape index (κ2) is 6.42. The van der Waals surface area contributed by atoms with Crippen molar-refractivity contribution >= 4 is 5.91 Å². The highest BCUT2D eigenvalue weighted by atomic mass is 16.2. The molecule has 1 aromatic rings. The monoisotopic (exact) mass is 253 g/mol. The molecule has 0 aliphatic heterocycles. The Kier molecular flexibility index (Phi) is 5.19. The number of hydrogen-bond donors (Lipinski definition) is 1. The maximum atomic E-state index is 11.9. The van der Waals surface area contributed by atoms with Gasteiger partial charge < -0.3 is 5.32 Å². The number of rotatable bonds is 6. The molecule has 0 aliphatic rings. The number of imidazole rings is 1. The van der Waals surface area contributed by atoms with Crippen LogP contribution in [0.2, 0.25) is 0 Å². The van der Waals surface area contributed by atoms with Crippen LogP contribution in [0.4, 0.5) is 0 Å². The lowest BCUT2D eigenvalue weighted by Crippen LogP contribution is -2.34. The van der Waals surface area contributed by atoms with Gasteiger partial charge in [0.05, 0.1) is 0 Å². The molecule has 1 amide bonds. The molecule has 0 atom stereocenters. The molecule has 0 unspecified atom stereocenters. The summed E-state index contributed by atoms with van der Waals surface area (Å²) in [5.41, 5.74) is -0.135. The van der Waals surface area contributed by atoms with Crippen LogP contribution in [0.5, 0.6) is 0 Å². The summed E-state index contributed by atoms with van der Waals surface area (Å²) in [5.74, 6) is 0.453. The molecular formula is C13H23N3O2. The first-order chi connectivity index (χ1) is 8.41. The third kappa shape index (κ3) is 4.05. The van der Waals surface area contributed by atoms with E-state index in [1.807, 2.05) is 13.8 Å². The van der Waals surface area contributed by atoms with Crippen LogP contribution >= 0.6 is 0 Å². The lowest BCUT2D eigenvalue weighted by molar-refractivity contribution is -0.121. The van der Waals surface area contributed by atoms with Crippen LogP contribution in [0.1, 0.15) is 40.2 Å². The van der Waals surface area contributed by atoms with Gasteiger partial charge in [-0.15, -0.1) is 0 Å².